The molecule has 0 heterocycles. The fourth-order valence-electron chi connectivity index (χ4n) is 1.78. The largest absolute Gasteiger partial charge is 0.294 e. The van der Waals surface area contributed by atoms with Crippen molar-refractivity contribution in [2.75, 3.05) is 0 Å². The van der Waals surface area contributed by atoms with Crippen molar-refractivity contribution < 1.29 is 4.79 Å². The SMILES string of the molecule is CC(C)C(=O)c1ccccc1C#Cc1ccccc1. The highest BCUT2D eigenvalue weighted by Gasteiger charge is 2.12. The number of hydrogen-bond donors (Lipinski definition) is 0. The minimum Gasteiger partial charge on any atom is -0.294 e. The summed E-state index contributed by atoms with van der Waals surface area (Å²) < 4.78 is 0. The van der Waals surface area contributed by atoms with Gasteiger partial charge in [-0.25, -0.2) is 0 Å². The monoisotopic (exact) mass is 248 g/mol. The average molecular weight is 248 g/mol. The Bertz CT molecular complexity index is 627. The van der Waals surface area contributed by atoms with Crippen molar-refractivity contribution in [1.29, 1.82) is 0 Å². The topological polar surface area (TPSA) is 17.1 Å². The molecule has 1 heteroatoms. The molecule has 0 unspecified atom stereocenters. The van der Waals surface area contributed by atoms with Gasteiger partial charge >= 0.3 is 0 Å². The number of benzene rings is 2. The van der Waals surface area contributed by atoms with Gasteiger partial charge in [0.25, 0.3) is 0 Å². The Labute approximate surface area is 114 Å². The van der Waals surface area contributed by atoms with Crippen LogP contribution in [0.15, 0.2) is 54.6 Å². The summed E-state index contributed by atoms with van der Waals surface area (Å²) in [6.45, 7) is 3.81. The Morgan fingerprint density at radius 1 is 0.895 bits per heavy atom. The normalized spacial score (nSPS) is 9.84. The number of Topliss-reactive ketones (excluding diaryl/α,β-unsaturated/α-hetero) is 1. The van der Waals surface area contributed by atoms with Gasteiger partial charge in [0.1, 0.15) is 0 Å². The smallest absolute Gasteiger partial charge is 0.166 e. The number of carbonyl (C=O) groups excluding carboxylic acids is 1. The predicted octanol–water partition coefficient (Wildman–Crippen LogP) is 3.93. The second kappa shape index (κ2) is 6.02. The molecule has 2 aromatic carbocycles. The highest BCUT2D eigenvalue weighted by atomic mass is 16.1. The summed E-state index contributed by atoms with van der Waals surface area (Å²) in [6.07, 6.45) is 0. The van der Waals surface area contributed by atoms with Crippen LogP contribution in [0, 0.1) is 17.8 Å². The lowest BCUT2D eigenvalue weighted by Gasteiger charge is -2.06. The van der Waals surface area contributed by atoms with Gasteiger partial charge in [0.15, 0.2) is 5.78 Å². The van der Waals surface area contributed by atoms with Crippen LogP contribution in [-0.4, -0.2) is 5.78 Å². The molecule has 19 heavy (non-hydrogen) atoms. The summed E-state index contributed by atoms with van der Waals surface area (Å²) in [4.78, 5) is 12.1. The Morgan fingerprint density at radius 2 is 1.53 bits per heavy atom. The van der Waals surface area contributed by atoms with Crippen molar-refractivity contribution in [3.05, 3.63) is 71.3 Å². The van der Waals surface area contributed by atoms with Gasteiger partial charge in [-0.05, 0) is 18.2 Å². The molecule has 2 aromatic rings. The Kier molecular flexibility index (Phi) is 4.15. The maximum absolute atomic E-state index is 12.1. The lowest BCUT2D eigenvalue weighted by molar-refractivity contribution is 0.0939. The summed E-state index contributed by atoms with van der Waals surface area (Å²) in [5.74, 6) is 6.31. The van der Waals surface area contributed by atoms with Gasteiger partial charge in [0, 0.05) is 22.6 Å². The van der Waals surface area contributed by atoms with Gasteiger partial charge in [-0.15, -0.1) is 0 Å². The minimum absolute atomic E-state index is 0.0142. The Morgan fingerprint density at radius 3 is 2.21 bits per heavy atom. The molecule has 0 fully saturated rings. The zero-order valence-electron chi connectivity index (χ0n) is 11.2. The van der Waals surface area contributed by atoms with Crippen molar-refractivity contribution in [2.24, 2.45) is 5.92 Å². The lowest BCUT2D eigenvalue weighted by atomic mass is 9.96. The third-order valence-corrected chi connectivity index (χ3v) is 2.83. The molecule has 0 radical (unpaired) electrons. The van der Waals surface area contributed by atoms with Gasteiger partial charge in [0.2, 0.25) is 0 Å². The van der Waals surface area contributed by atoms with Crippen molar-refractivity contribution in [2.45, 2.75) is 13.8 Å². The van der Waals surface area contributed by atoms with Crippen LogP contribution in [0.5, 0.6) is 0 Å². The van der Waals surface area contributed by atoms with Gasteiger partial charge in [-0.2, -0.15) is 0 Å². The molecule has 0 saturated heterocycles. The molecule has 0 aliphatic heterocycles. The van der Waals surface area contributed by atoms with Crippen LogP contribution in [0.2, 0.25) is 0 Å². The van der Waals surface area contributed by atoms with Crippen molar-refractivity contribution in [1.82, 2.24) is 0 Å². The van der Waals surface area contributed by atoms with E-state index in [1.165, 1.54) is 0 Å². The van der Waals surface area contributed by atoms with Crippen molar-refractivity contribution in [3.63, 3.8) is 0 Å². The molecule has 0 aliphatic rings. The Balaban J connectivity index is 2.37. The fourth-order valence-corrected chi connectivity index (χ4v) is 1.78. The highest BCUT2D eigenvalue weighted by Crippen LogP contribution is 2.13. The van der Waals surface area contributed by atoms with E-state index in [2.05, 4.69) is 11.8 Å². The predicted molar refractivity (Wildman–Crippen MR) is 78.0 cm³/mol. The molecule has 2 rings (SSSR count). The quantitative estimate of drug-likeness (QED) is 0.581. The molecule has 0 aromatic heterocycles. The molecule has 94 valence electrons. The van der Waals surface area contributed by atoms with E-state index in [4.69, 9.17) is 0 Å². The third-order valence-electron chi connectivity index (χ3n) is 2.83. The third kappa shape index (κ3) is 3.33. The van der Waals surface area contributed by atoms with E-state index in [1.54, 1.807) is 0 Å². The van der Waals surface area contributed by atoms with Crippen LogP contribution in [0.25, 0.3) is 0 Å². The first-order chi connectivity index (χ1) is 9.18. The molecule has 0 amide bonds. The van der Waals surface area contributed by atoms with Crippen LogP contribution < -0.4 is 0 Å². The fraction of sp³-hybridized carbons (Fsp3) is 0.167. The van der Waals surface area contributed by atoms with Gasteiger partial charge < -0.3 is 0 Å². The summed E-state index contributed by atoms with van der Waals surface area (Å²) in [5, 5.41) is 0. The zero-order chi connectivity index (χ0) is 13.7. The first kappa shape index (κ1) is 13.1. The van der Waals surface area contributed by atoms with Crippen LogP contribution >= 0.6 is 0 Å². The molecular formula is C18H16O. The van der Waals surface area contributed by atoms with Gasteiger partial charge in [-0.1, -0.05) is 62.1 Å². The maximum atomic E-state index is 12.1. The lowest BCUT2D eigenvalue weighted by Crippen LogP contribution is -2.09. The van der Waals surface area contributed by atoms with E-state index in [-0.39, 0.29) is 11.7 Å². The second-order valence-electron chi connectivity index (χ2n) is 4.68. The number of carbonyl (C=O) groups is 1. The van der Waals surface area contributed by atoms with Crippen LogP contribution in [0.3, 0.4) is 0 Å². The number of ketones is 1. The first-order valence-corrected chi connectivity index (χ1v) is 6.39. The minimum atomic E-state index is -0.0142. The van der Waals surface area contributed by atoms with Crippen LogP contribution in [-0.2, 0) is 0 Å². The van der Waals surface area contributed by atoms with E-state index in [1.807, 2.05) is 68.4 Å². The van der Waals surface area contributed by atoms with Crippen LogP contribution in [0.4, 0.5) is 0 Å². The molecule has 0 saturated carbocycles. The van der Waals surface area contributed by atoms with E-state index >= 15 is 0 Å². The maximum Gasteiger partial charge on any atom is 0.166 e. The molecule has 0 aliphatic carbocycles. The van der Waals surface area contributed by atoms with Crippen LogP contribution in [0.1, 0.15) is 35.3 Å². The van der Waals surface area contributed by atoms with Gasteiger partial charge in [-0.3, -0.25) is 4.79 Å². The van der Waals surface area contributed by atoms with Crippen molar-refractivity contribution in [3.8, 4) is 11.8 Å². The number of rotatable bonds is 2. The van der Waals surface area contributed by atoms with E-state index in [0.717, 1.165) is 11.1 Å². The molecule has 0 atom stereocenters. The Hall–Kier alpha value is -2.33. The van der Waals surface area contributed by atoms with Gasteiger partial charge in [0.05, 0.1) is 0 Å². The summed E-state index contributed by atoms with van der Waals surface area (Å²) in [6, 6.07) is 17.3. The summed E-state index contributed by atoms with van der Waals surface area (Å²) in [7, 11) is 0. The molecule has 0 spiro atoms. The summed E-state index contributed by atoms with van der Waals surface area (Å²) in [5.41, 5.74) is 2.46. The van der Waals surface area contributed by atoms with E-state index in [9.17, 15) is 4.79 Å². The first-order valence-electron chi connectivity index (χ1n) is 6.39. The standard InChI is InChI=1S/C18H16O/c1-14(2)18(19)17-11-7-6-10-16(17)13-12-15-8-4-3-5-9-15/h3-11,14H,1-2H3. The highest BCUT2D eigenvalue weighted by molar-refractivity contribution is 5.99. The number of hydrogen-bond acceptors (Lipinski definition) is 1. The van der Waals surface area contributed by atoms with E-state index < -0.39 is 0 Å². The van der Waals surface area contributed by atoms with Crippen molar-refractivity contribution >= 4 is 5.78 Å². The molecule has 0 bridgehead atoms. The summed E-state index contributed by atoms with van der Waals surface area (Å²) >= 11 is 0. The zero-order valence-corrected chi connectivity index (χ0v) is 11.2. The molecule has 0 N–H and O–H groups in total. The molecular weight excluding hydrogens is 232 g/mol. The average Bonchev–Trinajstić information content (AvgIpc) is 2.45. The van der Waals surface area contributed by atoms with E-state index in [0.29, 0.717) is 5.56 Å². The second-order valence-corrected chi connectivity index (χ2v) is 4.68. The molecule has 1 nitrogen and oxygen atoms in total.